The lowest BCUT2D eigenvalue weighted by molar-refractivity contribution is 0.0948. The second-order valence-electron chi connectivity index (χ2n) is 7.07. The Bertz CT molecular complexity index is 1030. The number of sulfonamides is 1. The molecule has 0 saturated carbocycles. The molecule has 1 aliphatic heterocycles. The van der Waals surface area contributed by atoms with Crippen LogP contribution >= 0.6 is 0 Å². The molecular formula is C21H23F2N3O3S. The molecule has 0 radical (unpaired) electrons. The number of benzene rings is 2. The second kappa shape index (κ2) is 9.36. The average Bonchev–Trinajstić information content (AvgIpc) is 3.20. The predicted octanol–water partition coefficient (Wildman–Crippen LogP) is 2.69. The number of nitrogens with one attached hydrogen (secondary N) is 2. The van der Waals surface area contributed by atoms with E-state index in [2.05, 4.69) is 21.5 Å². The van der Waals surface area contributed by atoms with E-state index in [4.69, 9.17) is 0 Å². The van der Waals surface area contributed by atoms with Crippen LogP contribution in [0, 0.1) is 17.6 Å². The maximum atomic E-state index is 14.0. The van der Waals surface area contributed by atoms with E-state index in [1.165, 1.54) is 24.3 Å². The van der Waals surface area contributed by atoms with Crippen LogP contribution in [0.5, 0.6) is 0 Å². The Kier molecular flexibility index (Phi) is 6.84. The zero-order valence-electron chi connectivity index (χ0n) is 16.3. The summed E-state index contributed by atoms with van der Waals surface area (Å²) in [5.41, 5.74) is 0.981. The van der Waals surface area contributed by atoms with Crippen molar-refractivity contribution in [2.45, 2.75) is 11.3 Å². The van der Waals surface area contributed by atoms with Gasteiger partial charge in [-0.05, 0) is 54.8 Å². The summed E-state index contributed by atoms with van der Waals surface area (Å²) in [5, 5.41) is 2.78. The van der Waals surface area contributed by atoms with Gasteiger partial charge in [0.15, 0.2) is 0 Å². The Morgan fingerprint density at radius 1 is 1.20 bits per heavy atom. The molecule has 160 valence electrons. The smallest absolute Gasteiger partial charge is 0.251 e. The summed E-state index contributed by atoms with van der Waals surface area (Å²) in [6.45, 7) is 5.25. The van der Waals surface area contributed by atoms with Crippen LogP contribution in [0.15, 0.2) is 60.0 Å². The van der Waals surface area contributed by atoms with Crippen molar-refractivity contribution in [1.29, 1.82) is 0 Å². The zero-order valence-corrected chi connectivity index (χ0v) is 17.1. The highest BCUT2D eigenvalue weighted by molar-refractivity contribution is 7.89. The van der Waals surface area contributed by atoms with Gasteiger partial charge in [-0.2, -0.15) is 0 Å². The molecule has 1 unspecified atom stereocenters. The summed E-state index contributed by atoms with van der Waals surface area (Å²) in [5.74, 6) is -1.51. The normalized spacial score (nSPS) is 16.5. The molecular weight excluding hydrogens is 412 g/mol. The lowest BCUT2D eigenvalue weighted by atomic mass is 10.1. The van der Waals surface area contributed by atoms with E-state index in [0.717, 1.165) is 30.8 Å². The number of nitrogens with zero attached hydrogens (tertiary/aromatic N) is 1. The SMILES string of the molecule is C=CCNS(=O)(=O)c1cc(C(=O)NCC2CCN(c3ccc(F)cc3)C2)ccc1F. The van der Waals surface area contributed by atoms with E-state index < -0.39 is 26.6 Å². The van der Waals surface area contributed by atoms with Crippen molar-refractivity contribution in [3.63, 3.8) is 0 Å². The third kappa shape index (κ3) is 5.22. The van der Waals surface area contributed by atoms with Crippen molar-refractivity contribution in [3.05, 3.63) is 72.3 Å². The van der Waals surface area contributed by atoms with Crippen molar-refractivity contribution in [1.82, 2.24) is 10.0 Å². The summed E-state index contributed by atoms with van der Waals surface area (Å²) in [6, 6.07) is 9.49. The van der Waals surface area contributed by atoms with Gasteiger partial charge in [0.2, 0.25) is 10.0 Å². The molecule has 2 aromatic carbocycles. The first kappa shape index (κ1) is 21.9. The largest absolute Gasteiger partial charge is 0.371 e. The fraction of sp³-hybridized carbons (Fsp3) is 0.286. The molecule has 1 saturated heterocycles. The lowest BCUT2D eigenvalue weighted by Crippen LogP contribution is -2.31. The minimum atomic E-state index is -4.09. The molecule has 0 spiro atoms. The molecule has 0 aromatic heterocycles. The first-order chi connectivity index (χ1) is 14.3. The third-order valence-corrected chi connectivity index (χ3v) is 6.37. The fourth-order valence-electron chi connectivity index (χ4n) is 3.32. The molecule has 1 heterocycles. The molecule has 1 atom stereocenters. The predicted molar refractivity (Wildman–Crippen MR) is 111 cm³/mol. The Hall–Kier alpha value is -2.78. The van der Waals surface area contributed by atoms with Gasteiger partial charge in [-0.25, -0.2) is 21.9 Å². The molecule has 0 bridgehead atoms. The molecule has 1 aliphatic rings. The van der Waals surface area contributed by atoms with E-state index in [9.17, 15) is 22.0 Å². The van der Waals surface area contributed by atoms with Crippen molar-refractivity contribution in [2.24, 2.45) is 5.92 Å². The summed E-state index contributed by atoms with van der Waals surface area (Å²) in [7, 11) is -4.09. The van der Waals surface area contributed by atoms with Crippen LogP contribution in [0.2, 0.25) is 0 Å². The van der Waals surface area contributed by atoms with Gasteiger partial charge in [-0.3, -0.25) is 4.79 Å². The highest BCUT2D eigenvalue weighted by Gasteiger charge is 2.24. The van der Waals surface area contributed by atoms with Gasteiger partial charge in [0.1, 0.15) is 16.5 Å². The molecule has 3 rings (SSSR count). The van der Waals surface area contributed by atoms with Crippen LogP contribution < -0.4 is 14.9 Å². The highest BCUT2D eigenvalue weighted by atomic mass is 32.2. The highest BCUT2D eigenvalue weighted by Crippen LogP contribution is 2.24. The molecule has 1 fully saturated rings. The van der Waals surface area contributed by atoms with Gasteiger partial charge in [0.05, 0.1) is 0 Å². The van der Waals surface area contributed by atoms with Crippen LogP contribution in [0.3, 0.4) is 0 Å². The summed E-state index contributed by atoms with van der Waals surface area (Å²) in [4.78, 5) is 14.0. The number of hydrogen-bond acceptors (Lipinski definition) is 4. The monoisotopic (exact) mass is 435 g/mol. The Morgan fingerprint density at radius 2 is 1.93 bits per heavy atom. The molecule has 9 heteroatoms. The topological polar surface area (TPSA) is 78.5 Å². The average molecular weight is 435 g/mol. The van der Waals surface area contributed by atoms with Crippen molar-refractivity contribution >= 4 is 21.6 Å². The minimum Gasteiger partial charge on any atom is -0.371 e. The van der Waals surface area contributed by atoms with Gasteiger partial charge < -0.3 is 10.2 Å². The number of carbonyl (C=O) groups excluding carboxylic acids is 1. The van der Waals surface area contributed by atoms with E-state index in [0.29, 0.717) is 13.1 Å². The number of anilines is 1. The number of hydrogen-bond donors (Lipinski definition) is 2. The van der Waals surface area contributed by atoms with Gasteiger partial charge in [0, 0.05) is 37.4 Å². The summed E-state index contributed by atoms with van der Waals surface area (Å²) < 4.78 is 53.6. The number of amides is 1. The second-order valence-corrected chi connectivity index (χ2v) is 8.81. The van der Waals surface area contributed by atoms with Crippen LogP contribution in [-0.4, -0.2) is 40.5 Å². The molecule has 0 aliphatic carbocycles. The van der Waals surface area contributed by atoms with E-state index in [1.807, 2.05) is 0 Å². The summed E-state index contributed by atoms with van der Waals surface area (Å²) in [6.07, 6.45) is 2.19. The molecule has 6 nitrogen and oxygen atoms in total. The van der Waals surface area contributed by atoms with E-state index in [1.54, 1.807) is 12.1 Å². The Morgan fingerprint density at radius 3 is 2.63 bits per heavy atom. The first-order valence-electron chi connectivity index (χ1n) is 9.49. The molecule has 2 N–H and O–H groups in total. The van der Waals surface area contributed by atoms with Gasteiger partial charge >= 0.3 is 0 Å². The van der Waals surface area contributed by atoms with Crippen molar-refractivity contribution in [3.8, 4) is 0 Å². The minimum absolute atomic E-state index is 0.0512. The summed E-state index contributed by atoms with van der Waals surface area (Å²) >= 11 is 0. The lowest BCUT2D eigenvalue weighted by Gasteiger charge is -2.19. The van der Waals surface area contributed by atoms with Crippen LogP contribution in [-0.2, 0) is 10.0 Å². The molecule has 30 heavy (non-hydrogen) atoms. The van der Waals surface area contributed by atoms with Crippen LogP contribution in [0.4, 0.5) is 14.5 Å². The molecule has 2 aromatic rings. The fourth-order valence-corrected chi connectivity index (χ4v) is 4.42. The quantitative estimate of drug-likeness (QED) is 0.625. The van der Waals surface area contributed by atoms with Crippen molar-refractivity contribution in [2.75, 3.05) is 31.1 Å². The van der Waals surface area contributed by atoms with Crippen molar-refractivity contribution < 1.29 is 22.0 Å². The Balaban J connectivity index is 1.61. The Labute approximate surface area is 174 Å². The number of rotatable bonds is 8. The molecule has 1 amide bonds. The number of halogens is 2. The third-order valence-electron chi connectivity index (χ3n) is 4.93. The van der Waals surface area contributed by atoms with Gasteiger partial charge in [0.25, 0.3) is 5.91 Å². The zero-order chi connectivity index (χ0) is 21.7. The number of carbonyl (C=O) groups is 1. The van der Waals surface area contributed by atoms with Crippen LogP contribution in [0.25, 0.3) is 0 Å². The van der Waals surface area contributed by atoms with E-state index in [-0.39, 0.29) is 23.8 Å². The van der Waals surface area contributed by atoms with Crippen LogP contribution in [0.1, 0.15) is 16.8 Å². The maximum Gasteiger partial charge on any atom is 0.251 e. The van der Waals surface area contributed by atoms with Gasteiger partial charge in [-0.15, -0.1) is 6.58 Å². The van der Waals surface area contributed by atoms with E-state index >= 15 is 0 Å². The maximum absolute atomic E-state index is 14.0. The van der Waals surface area contributed by atoms with Gasteiger partial charge in [-0.1, -0.05) is 6.08 Å². The standard InChI is InChI=1S/C21H23F2N3O3S/c1-2-10-25-30(28,29)20-12-16(3-8-19(20)23)21(27)24-13-15-9-11-26(14-15)18-6-4-17(22)5-7-18/h2-8,12,15,25H,1,9-11,13-14H2,(H,24,27). The first-order valence-corrected chi connectivity index (χ1v) is 11.0.